The fourth-order valence-electron chi connectivity index (χ4n) is 3.55. The molecule has 1 aliphatic rings. The first-order valence-electron chi connectivity index (χ1n) is 10.9. The zero-order valence-corrected chi connectivity index (χ0v) is 20.1. The van der Waals surface area contributed by atoms with Crippen LogP contribution in [-0.2, 0) is 13.0 Å². The number of rotatable bonds is 7. The van der Waals surface area contributed by atoms with E-state index in [1.54, 1.807) is 16.4 Å². The van der Waals surface area contributed by atoms with Crippen LogP contribution in [0.4, 0.5) is 29.2 Å². The molecule has 1 aromatic heterocycles. The SMILES string of the molecule is CC(C)/C(=N/N)N(N)c1cccc(NC(=O)c2cc3c(cc2F)CCN(SCCC(F)(F)F)C3)n1. The third-order valence-corrected chi connectivity index (χ3v) is 6.35. The lowest BCUT2D eigenvalue weighted by Gasteiger charge is -2.28. The molecule has 190 valence electrons. The molecule has 0 fully saturated rings. The number of carbonyl (C=O) groups excluding carboxylic acids is 1. The molecular formula is C22H27F4N7OS. The van der Waals surface area contributed by atoms with Crippen LogP contribution in [0.25, 0.3) is 0 Å². The van der Waals surface area contributed by atoms with E-state index in [1.807, 2.05) is 13.8 Å². The zero-order chi connectivity index (χ0) is 25.8. The number of nitrogens with one attached hydrogen (secondary N) is 1. The highest BCUT2D eigenvalue weighted by atomic mass is 32.2. The van der Waals surface area contributed by atoms with E-state index in [9.17, 15) is 22.4 Å². The molecular weight excluding hydrogens is 486 g/mol. The molecule has 2 heterocycles. The molecule has 0 bridgehead atoms. The van der Waals surface area contributed by atoms with Gasteiger partial charge < -0.3 is 11.2 Å². The number of amides is 1. The molecule has 0 atom stereocenters. The predicted molar refractivity (Wildman–Crippen MR) is 129 cm³/mol. The summed E-state index contributed by atoms with van der Waals surface area (Å²) in [7, 11) is 0. The summed E-state index contributed by atoms with van der Waals surface area (Å²) >= 11 is 1.09. The normalized spacial score (nSPS) is 14.7. The van der Waals surface area contributed by atoms with Gasteiger partial charge in [-0.25, -0.2) is 24.5 Å². The molecule has 8 nitrogen and oxygen atoms in total. The number of hydrazone groups is 1. The quantitative estimate of drug-likeness (QED) is 0.128. The Hall–Kier alpha value is -2.90. The Morgan fingerprint density at radius 2 is 2.06 bits per heavy atom. The number of benzene rings is 1. The number of pyridine rings is 1. The van der Waals surface area contributed by atoms with Gasteiger partial charge in [-0.05, 0) is 41.8 Å². The van der Waals surface area contributed by atoms with Crippen molar-refractivity contribution in [2.75, 3.05) is 22.6 Å². The Bertz CT molecular complexity index is 1090. The van der Waals surface area contributed by atoms with Gasteiger partial charge >= 0.3 is 6.18 Å². The van der Waals surface area contributed by atoms with Crippen LogP contribution in [0, 0.1) is 11.7 Å². The highest BCUT2D eigenvalue weighted by Crippen LogP contribution is 2.29. The fraction of sp³-hybridized carbons (Fsp3) is 0.409. The van der Waals surface area contributed by atoms with Crippen LogP contribution in [-0.4, -0.2) is 39.5 Å². The van der Waals surface area contributed by atoms with Crippen LogP contribution in [0.5, 0.6) is 0 Å². The minimum atomic E-state index is -4.21. The van der Waals surface area contributed by atoms with Crippen molar-refractivity contribution in [1.29, 1.82) is 0 Å². The van der Waals surface area contributed by atoms with Gasteiger partial charge in [-0.1, -0.05) is 31.9 Å². The molecule has 2 aromatic rings. The molecule has 5 N–H and O–H groups in total. The van der Waals surface area contributed by atoms with E-state index >= 15 is 0 Å². The van der Waals surface area contributed by atoms with E-state index in [0.717, 1.165) is 17.5 Å². The number of halogens is 4. The molecule has 1 amide bonds. The maximum absolute atomic E-state index is 14.7. The van der Waals surface area contributed by atoms with Gasteiger partial charge in [0.15, 0.2) is 5.82 Å². The van der Waals surface area contributed by atoms with Crippen molar-refractivity contribution < 1.29 is 22.4 Å². The second-order valence-corrected chi connectivity index (χ2v) is 9.44. The van der Waals surface area contributed by atoms with Gasteiger partial charge in [-0.3, -0.25) is 4.79 Å². The summed E-state index contributed by atoms with van der Waals surface area (Å²) in [5.41, 5.74) is 1.24. The van der Waals surface area contributed by atoms with Crippen molar-refractivity contribution in [2.24, 2.45) is 22.7 Å². The summed E-state index contributed by atoms with van der Waals surface area (Å²) in [5, 5.41) is 7.43. The van der Waals surface area contributed by atoms with Gasteiger partial charge in [-0.2, -0.15) is 18.3 Å². The summed E-state index contributed by atoms with van der Waals surface area (Å²) < 4.78 is 53.8. The van der Waals surface area contributed by atoms with Crippen molar-refractivity contribution in [1.82, 2.24) is 9.29 Å². The summed E-state index contributed by atoms with van der Waals surface area (Å²) in [4.78, 5) is 17.1. The fourth-order valence-corrected chi connectivity index (χ4v) is 4.58. The van der Waals surface area contributed by atoms with Crippen molar-refractivity contribution in [3.05, 3.63) is 52.8 Å². The average Bonchev–Trinajstić information content (AvgIpc) is 2.78. The lowest BCUT2D eigenvalue weighted by Crippen LogP contribution is -2.41. The third-order valence-electron chi connectivity index (χ3n) is 5.29. The minimum Gasteiger partial charge on any atom is -0.322 e. The summed E-state index contributed by atoms with van der Waals surface area (Å²) in [6.45, 7) is 4.51. The van der Waals surface area contributed by atoms with Crippen LogP contribution in [0.1, 0.15) is 41.8 Å². The maximum atomic E-state index is 14.7. The lowest BCUT2D eigenvalue weighted by molar-refractivity contribution is -0.129. The number of alkyl halides is 3. The molecule has 0 unspecified atom stereocenters. The van der Waals surface area contributed by atoms with Crippen LogP contribution in [0.15, 0.2) is 35.4 Å². The molecule has 1 aromatic carbocycles. The van der Waals surface area contributed by atoms with Crippen molar-refractivity contribution in [3.63, 3.8) is 0 Å². The van der Waals surface area contributed by atoms with Gasteiger partial charge in [0.05, 0.1) is 12.0 Å². The number of nitrogens with zero attached hydrogens (tertiary/aromatic N) is 4. The molecule has 0 radical (unpaired) electrons. The smallest absolute Gasteiger partial charge is 0.322 e. The van der Waals surface area contributed by atoms with Gasteiger partial charge in [-0.15, -0.1) is 0 Å². The topological polar surface area (TPSA) is 113 Å². The summed E-state index contributed by atoms with van der Waals surface area (Å²) in [6, 6.07) is 7.49. The Kier molecular flexibility index (Phi) is 8.56. The Labute approximate surface area is 204 Å². The van der Waals surface area contributed by atoms with Crippen LogP contribution in [0.2, 0.25) is 0 Å². The molecule has 0 saturated carbocycles. The number of anilines is 2. The standard InChI is InChI=1S/C22H27F4N7OS/c1-13(2)20(31-27)33(28)19-5-3-4-18(29-19)30-21(34)16-10-15-12-32(35-9-7-22(24,25)26)8-6-14(15)11-17(16)23/h3-5,10-11,13H,6-9,12,27-28H2,1-2H3,(H,29,30,34)/b31-20-. The molecule has 0 spiro atoms. The molecule has 13 heteroatoms. The molecule has 0 saturated heterocycles. The zero-order valence-electron chi connectivity index (χ0n) is 19.3. The number of hydrogen-bond donors (Lipinski definition) is 3. The Morgan fingerprint density at radius 1 is 1.31 bits per heavy atom. The van der Waals surface area contributed by atoms with Crippen LogP contribution >= 0.6 is 11.9 Å². The first-order valence-corrected chi connectivity index (χ1v) is 11.8. The van der Waals surface area contributed by atoms with E-state index in [1.165, 1.54) is 23.2 Å². The average molecular weight is 514 g/mol. The Morgan fingerprint density at radius 3 is 2.71 bits per heavy atom. The molecule has 35 heavy (non-hydrogen) atoms. The second kappa shape index (κ2) is 11.2. The minimum absolute atomic E-state index is 0.0826. The van der Waals surface area contributed by atoms with Gasteiger partial charge in [0.1, 0.15) is 17.5 Å². The summed E-state index contributed by atoms with van der Waals surface area (Å²) in [5.74, 6) is 10.7. The highest BCUT2D eigenvalue weighted by molar-refractivity contribution is 7.96. The van der Waals surface area contributed by atoms with Crippen LogP contribution in [0.3, 0.4) is 0 Å². The van der Waals surface area contributed by atoms with Crippen molar-refractivity contribution in [2.45, 2.75) is 39.4 Å². The van der Waals surface area contributed by atoms with Crippen molar-refractivity contribution >= 4 is 35.3 Å². The van der Waals surface area contributed by atoms with E-state index in [0.29, 0.717) is 30.9 Å². The molecule has 0 aliphatic carbocycles. The maximum Gasteiger partial charge on any atom is 0.389 e. The monoisotopic (exact) mass is 513 g/mol. The van der Waals surface area contributed by atoms with Crippen LogP contribution < -0.4 is 22.0 Å². The number of amidine groups is 1. The Balaban J connectivity index is 1.73. The number of hydrazine groups is 1. The van der Waals surface area contributed by atoms with E-state index < -0.39 is 24.3 Å². The van der Waals surface area contributed by atoms with E-state index in [2.05, 4.69) is 15.4 Å². The second-order valence-electron chi connectivity index (χ2n) is 8.26. The summed E-state index contributed by atoms with van der Waals surface area (Å²) in [6.07, 6.45) is -4.63. The highest BCUT2D eigenvalue weighted by Gasteiger charge is 2.28. The predicted octanol–water partition coefficient (Wildman–Crippen LogP) is 4.04. The number of hydrogen-bond acceptors (Lipinski definition) is 7. The molecule has 1 aliphatic heterocycles. The number of aromatic nitrogens is 1. The first-order chi connectivity index (χ1) is 16.5. The number of carbonyl (C=O) groups is 1. The van der Waals surface area contributed by atoms with Gasteiger partial charge in [0.25, 0.3) is 5.91 Å². The number of nitrogens with two attached hydrogens (primary N) is 2. The van der Waals surface area contributed by atoms with Crippen molar-refractivity contribution in [3.8, 4) is 0 Å². The lowest BCUT2D eigenvalue weighted by atomic mass is 9.97. The third kappa shape index (κ3) is 7.05. The molecule has 3 rings (SSSR count). The van der Waals surface area contributed by atoms with Gasteiger partial charge in [0.2, 0.25) is 0 Å². The first kappa shape index (κ1) is 26.7. The van der Waals surface area contributed by atoms with Gasteiger partial charge in [0, 0.05) is 24.8 Å². The number of fused-ring (bicyclic) bond motifs is 1. The van der Waals surface area contributed by atoms with E-state index in [4.69, 9.17) is 11.7 Å². The largest absolute Gasteiger partial charge is 0.389 e. The van der Waals surface area contributed by atoms with E-state index in [-0.39, 0.29) is 28.9 Å².